The first-order chi connectivity index (χ1) is 14.2. The van der Waals surface area contributed by atoms with Gasteiger partial charge in [-0.15, -0.1) is 11.3 Å². The molecule has 3 aromatic heterocycles. The van der Waals surface area contributed by atoms with E-state index in [1.807, 2.05) is 41.8 Å². The lowest BCUT2D eigenvalue weighted by Gasteiger charge is -2.00. The molecule has 0 saturated heterocycles. The Morgan fingerprint density at radius 1 is 0.897 bits per heavy atom. The summed E-state index contributed by atoms with van der Waals surface area (Å²) in [6, 6.07) is 15.2. The number of fused-ring (bicyclic) bond motifs is 3. The van der Waals surface area contributed by atoms with E-state index >= 15 is 0 Å². The van der Waals surface area contributed by atoms with E-state index in [2.05, 4.69) is 9.97 Å². The lowest BCUT2D eigenvalue weighted by atomic mass is 10.0. The van der Waals surface area contributed by atoms with E-state index in [0.717, 1.165) is 20.7 Å². The van der Waals surface area contributed by atoms with Gasteiger partial charge in [-0.2, -0.15) is 9.97 Å². The van der Waals surface area contributed by atoms with Crippen LogP contribution in [0.2, 0.25) is 0 Å². The standard InChI is InChI=1S/C22H10N2O3S2/c25-18-13-8-11-4-1-2-5-12(11)9-14(13)19(26)15(18)10-17-23-22-20(27-17)24-21(29-22)16-6-3-7-28-16/h1-10H. The molecular weight excluding hydrogens is 404 g/mol. The van der Waals surface area contributed by atoms with Crippen LogP contribution in [0.1, 0.15) is 26.6 Å². The average molecular weight is 414 g/mol. The van der Waals surface area contributed by atoms with Crippen LogP contribution in [0.15, 0.2) is 63.9 Å². The summed E-state index contributed by atoms with van der Waals surface area (Å²) in [5, 5.41) is 4.68. The molecule has 0 spiro atoms. The second-order valence-corrected chi connectivity index (χ2v) is 8.55. The molecule has 29 heavy (non-hydrogen) atoms. The van der Waals surface area contributed by atoms with Crippen molar-refractivity contribution in [2.75, 3.05) is 0 Å². The second-order valence-electron chi connectivity index (χ2n) is 6.62. The Balaban J connectivity index is 1.41. The highest BCUT2D eigenvalue weighted by molar-refractivity contribution is 7.24. The number of rotatable bonds is 2. The van der Waals surface area contributed by atoms with Gasteiger partial charge in [0.2, 0.25) is 5.89 Å². The molecule has 2 aromatic carbocycles. The van der Waals surface area contributed by atoms with Gasteiger partial charge in [-0.1, -0.05) is 41.7 Å². The molecule has 0 radical (unpaired) electrons. The monoisotopic (exact) mass is 414 g/mol. The average Bonchev–Trinajstić information content (AvgIpc) is 3.48. The maximum atomic E-state index is 12.8. The molecule has 3 heterocycles. The number of aromatic nitrogens is 2. The summed E-state index contributed by atoms with van der Waals surface area (Å²) in [6.45, 7) is 0. The maximum Gasteiger partial charge on any atom is 0.259 e. The Labute approximate surface area is 172 Å². The molecule has 138 valence electrons. The van der Waals surface area contributed by atoms with Gasteiger partial charge in [0.25, 0.3) is 5.71 Å². The normalized spacial score (nSPS) is 13.6. The third kappa shape index (κ3) is 2.52. The van der Waals surface area contributed by atoms with Crippen molar-refractivity contribution >= 4 is 61.6 Å². The number of hydrogen-bond donors (Lipinski definition) is 0. The van der Waals surface area contributed by atoms with Gasteiger partial charge in [0.15, 0.2) is 16.4 Å². The van der Waals surface area contributed by atoms with Crippen molar-refractivity contribution < 1.29 is 14.0 Å². The molecule has 1 aliphatic rings. The van der Waals surface area contributed by atoms with Gasteiger partial charge >= 0.3 is 0 Å². The van der Waals surface area contributed by atoms with Gasteiger partial charge in [0.1, 0.15) is 5.01 Å². The van der Waals surface area contributed by atoms with Gasteiger partial charge < -0.3 is 4.42 Å². The molecule has 0 saturated carbocycles. The van der Waals surface area contributed by atoms with Crippen molar-refractivity contribution in [1.82, 2.24) is 9.97 Å². The summed E-state index contributed by atoms with van der Waals surface area (Å²) in [5.41, 5.74) is 1.33. The molecule has 0 fully saturated rings. The zero-order chi connectivity index (χ0) is 19.5. The quantitative estimate of drug-likeness (QED) is 0.276. The van der Waals surface area contributed by atoms with Gasteiger partial charge in [-0.05, 0) is 34.4 Å². The van der Waals surface area contributed by atoms with Crippen molar-refractivity contribution in [2.45, 2.75) is 0 Å². The summed E-state index contributed by atoms with van der Waals surface area (Å²) in [6.07, 6.45) is 1.43. The number of hydrogen-bond acceptors (Lipinski definition) is 7. The van der Waals surface area contributed by atoms with Crippen LogP contribution in [0.4, 0.5) is 0 Å². The molecule has 7 heteroatoms. The maximum absolute atomic E-state index is 12.8. The Kier molecular flexibility index (Phi) is 3.44. The van der Waals surface area contributed by atoms with Crippen molar-refractivity contribution in [3.8, 4) is 9.88 Å². The van der Waals surface area contributed by atoms with E-state index in [0.29, 0.717) is 21.7 Å². The van der Waals surface area contributed by atoms with Crippen molar-refractivity contribution in [2.24, 2.45) is 0 Å². The van der Waals surface area contributed by atoms with Gasteiger partial charge in [0.05, 0.1) is 10.5 Å². The fourth-order valence-electron chi connectivity index (χ4n) is 3.49. The van der Waals surface area contributed by atoms with E-state index in [-0.39, 0.29) is 23.0 Å². The minimum Gasteiger partial charge on any atom is -0.417 e. The minimum absolute atomic E-state index is 0.0719. The highest BCUT2D eigenvalue weighted by Gasteiger charge is 2.34. The summed E-state index contributed by atoms with van der Waals surface area (Å²) in [7, 11) is 0. The van der Waals surface area contributed by atoms with Crippen LogP contribution in [-0.2, 0) is 0 Å². The second kappa shape index (κ2) is 6.04. The minimum atomic E-state index is -0.301. The Hall–Kier alpha value is -3.42. The van der Waals surface area contributed by atoms with E-state index in [9.17, 15) is 9.59 Å². The summed E-state index contributed by atoms with van der Waals surface area (Å²) in [4.78, 5) is 36.3. The number of Topliss-reactive ketones (excluding diaryl/α,β-unsaturated/α-hetero) is 2. The molecule has 5 aromatic rings. The molecule has 0 unspecified atom stereocenters. The number of nitrogens with zero attached hydrogens (tertiary/aromatic N) is 2. The first-order valence-electron chi connectivity index (χ1n) is 8.82. The number of oxazole rings is 1. The SMILES string of the molecule is O=C1C(=Cc2nc3sc(-c4cccs4)nc3o2)C(=O)c2cc3ccccc3cc21. The van der Waals surface area contributed by atoms with E-state index in [1.165, 1.54) is 17.4 Å². The van der Waals surface area contributed by atoms with Crippen LogP contribution < -0.4 is 0 Å². The Bertz CT molecular complexity index is 1400. The first-order valence-corrected chi connectivity index (χ1v) is 10.5. The van der Waals surface area contributed by atoms with E-state index in [4.69, 9.17) is 4.42 Å². The number of benzene rings is 2. The summed E-state index contributed by atoms with van der Waals surface area (Å²) < 4.78 is 5.69. The number of carbonyl (C=O) groups excluding carboxylic acids is 2. The number of thiophene rings is 1. The zero-order valence-corrected chi connectivity index (χ0v) is 16.3. The number of thiazole rings is 1. The number of allylic oxidation sites excluding steroid dienone is 1. The highest BCUT2D eigenvalue weighted by Crippen LogP contribution is 2.35. The molecule has 0 aliphatic heterocycles. The van der Waals surface area contributed by atoms with Gasteiger partial charge in [-0.25, -0.2) is 0 Å². The fraction of sp³-hybridized carbons (Fsp3) is 0. The van der Waals surface area contributed by atoms with Crippen LogP contribution in [0.25, 0.3) is 37.3 Å². The zero-order valence-electron chi connectivity index (χ0n) is 14.7. The van der Waals surface area contributed by atoms with Crippen LogP contribution in [0, 0.1) is 0 Å². The van der Waals surface area contributed by atoms with Crippen LogP contribution >= 0.6 is 22.7 Å². The molecule has 0 bridgehead atoms. The predicted molar refractivity (Wildman–Crippen MR) is 114 cm³/mol. The molecule has 6 rings (SSSR count). The van der Waals surface area contributed by atoms with Crippen LogP contribution in [0.3, 0.4) is 0 Å². The smallest absolute Gasteiger partial charge is 0.259 e. The third-order valence-electron chi connectivity index (χ3n) is 4.86. The molecule has 5 nitrogen and oxygen atoms in total. The lowest BCUT2D eigenvalue weighted by molar-refractivity contribution is 0.0990. The fourth-order valence-corrected chi connectivity index (χ4v) is 5.16. The third-order valence-corrected chi connectivity index (χ3v) is 6.83. The van der Waals surface area contributed by atoms with Crippen molar-refractivity contribution in [3.05, 3.63) is 76.5 Å². The number of ketones is 2. The topological polar surface area (TPSA) is 73.1 Å². The Morgan fingerprint density at radius 2 is 1.62 bits per heavy atom. The predicted octanol–water partition coefficient (Wildman–Crippen LogP) is 5.63. The van der Waals surface area contributed by atoms with Crippen LogP contribution in [0.5, 0.6) is 0 Å². The van der Waals surface area contributed by atoms with Gasteiger partial charge in [-0.3, -0.25) is 9.59 Å². The molecule has 0 N–H and O–H groups in total. The molecular formula is C22H10N2O3S2. The number of carbonyl (C=O) groups is 2. The van der Waals surface area contributed by atoms with Crippen molar-refractivity contribution in [3.63, 3.8) is 0 Å². The van der Waals surface area contributed by atoms with E-state index < -0.39 is 0 Å². The Morgan fingerprint density at radius 3 is 2.24 bits per heavy atom. The van der Waals surface area contributed by atoms with Crippen LogP contribution in [-0.4, -0.2) is 21.5 Å². The lowest BCUT2D eigenvalue weighted by Crippen LogP contribution is -2.00. The largest absolute Gasteiger partial charge is 0.417 e. The highest BCUT2D eigenvalue weighted by atomic mass is 32.1. The first kappa shape index (κ1) is 16.5. The molecule has 0 atom stereocenters. The van der Waals surface area contributed by atoms with Crippen molar-refractivity contribution in [1.29, 1.82) is 0 Å². The van der Waals surface area contributed by atoms with E-state index in [1.54, 1.807) is 23.5 Å². The molecule has 1 aliphatic carbocycles. The molecule has 0 amide bonds. The summed E-state index contributed by atoms with van der Waals surface area (Å²) in [5.74, 6) is -0.389. The van der Waals surface area contributed by atoms with Gasteiger partial charge in [0, 0.05) is 17.2 Å². The summed E-state index contributed by atoms with van der Waals surface area (Å²) >= 11 is 3.02.